The second-order valence-corrected chi connectivity index (χ2v) is 5.56. The summed E-state index contributed by atoms with van der Waals surface area (Å²) in [5.41, 5.74) is -0.151. The highest BCUT2D eigenvalue weighted by molar-refractivity contribution is 5.78. The minimum atomic E-state index is -2.99. The fourth-order valence-corrected chi connectivity index (χ4v) is 2.55. The predicted molar refractivity (Wildman–Crippen MR) is 92.9 cm³/mol. The number of anilines is 1. The van der Waals surface area contributed by atoms with E-state index in [1.807, 2.05) is 19.1 Å². The molecule has 7 nitrogen and oxygen atoms in total. The molecule has 1 aromatic carbocycles. The van der Waals surface area contributed by atoms with Crippen LogP contribution in [0.15, 0.2) is 46.0 Å². The number of halogens is 2. The number of alkyl halides is 2. The Bertz CT molecular complexity index is 1050. The molecule has 0 aliphatic rings. The third kappa shape index (κ3) is 3.88. The molecule has 136 valence electrons. The van der Waals surface area contributed by atoms with E-state index in [1.165, 1.54) is 18.2 Å². The van der Waals surface area contributed by atoms with Crippen molar-refractivity contribution in [3.63, 3.8) is 0 Å². The van der Waals surface area contributed by atoms with Crippen molar-refractivity contribution in [2.45, 2.75) is 20.1 Å². The summed E-state index contributed by atoms with van der Waals surface area (Å²) in [4.78, 5) is 31.4. The molecule has 3 rings (SSSR count). The molecule has 0 spiro atoms. The Kier molecular flexibility index (Phi) is 4.97. The molecule has 2 aromatic heterocycles. The summed E-state index contributed by atoms with van der Waals surface area (Å²) in [5.74, 6) is 0.511. The monoisotopic (exact) mass is 362 g/mol. The Morgan fingerprint density at radius 2 is 2.08 bits per heavy atom. The van der Waals surface area contributed by atoms with Gasteiger partial charge in [-0.15, -0.1) is 0 Å². The van der Waals surface area contributed by atoms with Crippen LogP contribution in [-0.4, -0.2) is 27.7 Å². The molecular formula is C17H16F2N4O3. The van der Waals surface area contributed by atoms with Crippen molar-refractivity contribution in [3.8, 4) is 5.75 Å². The lowest BCUT2D eigenvalue weighted by molar-refractivity contribution is -0.0497. The number of nitrogens with zero attached hydrogens (tertiary/aromatic N) is 2. The van der Waals surface area contributed by atoms with E-state index in [0.717, 1.165) is 10.3 Å². The Balaban J connectivity index is 1.82. The van der Waals surface area contributed by atoms with Gasteiger partial charge in [0.25, 0.3) is 5.56 Å². The smallest absolute Gasteiger partial charge is 0.387 e. The van der Waals surface area contributed by atoms with E-state index in [4.69, 9.17) is 0 Å². The lowest BCUT2D eigenvalue weighted by atomic mass is 10.2. The number of hydrogen-bond acceptors (Lipinski definition) is 5. The van der Waals surface area contributed by atoms with E-state index < -0.39 is 17.9 Å². The number of hydrogen-bond donors (Lipinski definition) is 2. The average molecular weight is 362 g/mol. The van der Waals surface area contributed by atoms with Gasteiger partial charge in [0.05, 0.1) is 10.9 Å². The average Bonchev–Trinajstić information content (AvgIpc) is 2.57. The Morgan fingerprint density at radius 1 is 1.27 bits per heavy atom. The van der Waals surface area contributed by atoms with Gasteiger partial charge in [-0.25, -0.2) is 9.78 Å². The van der Waals surface area contributed by atoms with Crippen molar-refractivity contribution in [1.82, 2.24) is 14.5 Å². The van der Waals surface area contributed by atoms with Crippen molar-refractivity contribution < 1.29 is 13.5 Å². The summed E-state index contributed by atoms with van der Waals surface area (Å²) < 4.78 is 29.9. The zero-order valence-corrected chi connectivity index (χ0v) is 13.8. The first-order chi connectivity index (χ1) is 12.4. The van der Waals surface area contributed by atoms with Gasteiger partial charge in [0.2, 0.25) is 0 Å². The molecule has 3 aromatic rings. The van der Waals surface area contributed by atoms with E-state index in [1.54, 1.807) is 6.07 Å². The number of nitrogens with one attached hydrogen (secondary N) is 2. The molecule has 0 fully saturated rings. The first-order valence-electron chi connectivity index (χ1n) is 7.83. The summed E-state index contributed by atoms with van der Waals surface area (Å²) in [5, 5.41) is 3.25. The van der Waals surface area contributed by atoms with Crippen LogP contribution in [0, 0.1) is 6.92 Å². The largest absolute Gasteiger partial charge is 0.435 e. The molecule has 0 aliphatic carbocycles. The van der Waals surface area contributed by atoms with Crippen molar-refractivity contribution in [2.75, 3.05) is 11.9 Å². The Hall–Kier alpha value is -3.23. The SMILES string of the molecule is Cc1cccc(NCCn2c(=O)[nH]c3cc(OC(F)F)ccc3c2=O)n1. The molecule has 0 aliphatic heterocycles. The first-order valence-corrected chi connectivity index (χ1v) is 7.83. The number of rotatable bonds is 6. The van der Waals surface area contributed by atoms with Gasteiger partial charge < -0.3 is 15.0 Å². The van der Waals surface area contributed by atoms with Gasteiger partial charge in [-0.1, -0.05) is 6.07 Å². The molecule has 0 unspecified atom stereocenters. The van der Waals surface area contributed by atoms with E-state index in [2.05, 4.69) is 20.0 Å². The van der Waals surface area contributed by atoms with Gasteiger partial charge in [0, 0.05) is 24.8 Å². The van der Waals surface area contributed by atoms with Crippen molar-refractivity contribution in [3.05, 3.63) is 62.9 Å². The minimum Gasteiger partial charge on any atom is -0.435 e. The number of fused-ring (bicyclic) bond motifs is 1. The van der Waals surface area contributed by atoms with Crippen LogP contribution in [0.5, 0.6) is 5.75 Å². The van der Waals surface area contributed by atoms with Crippen LogP contribution < -0.4 is 21.3 Å². The molecule has 0 amide bonds. The Morgan fingerprint density at radius 3 is 2.81 bits per heavy atom. The summed E-state index contributed by atoms with van der Waals surface area (Å²) in [6, 6.07) is 9.29. The van der Waals surface area contributed by atoms with E-state index in [0.29, 0.717) is 12.4 Å². The van der Waals surface area contributed by atoms with Gasteiger partial charge in [0.1, 0.15) is 11.6 Å². The quantitative estimate of drug-likeness (QED) is 0.701. The van der Waals surface area contributed by atoms with E-state index >= 15 is 0 Å². The third-order valence-corrected chi connectivity index (χ3v) is 3.71. The van der Waals surface area contributed by atoms with Crippen LogP contribution >= 0.6 is 0 Å². The van der Waals surface area contributed by atoms with Crippen molar-refractivity contribution in [1.29, 1.82) is 0 Å². The highest BCUT2D eigenvalue weighted by Crippen LogP contribution is 2.18. The molecule has 0 saturated heterocycles. The van der Waals surface area contributed by atoms with Gasteiger partial charge in [0.15, 0.2) is 0 Å². The number of H-pyrrole nitrogens is 1. The number of benzene rings is 1. The summed E-state index contributed by atoms with van der Waals surface area (Å²) in [7, 11) is 0. The molecule has 0 radical (unpaired) electrons. The molecular weight excluding hydrogens is 346 g/mol. The van der Waals surface area contributed by atoms with Crippen molar-refractivity contribution in [2.24, 2.45) is 0 Å². The number of ether oxygens (including phenoxy) is 1. The fraction of sp³-hybridized carbons (Fsp3) is 0.235. The zero-order chi connectivity index (χ0) is 18.7. The summed E-state index contributed by atoms with van der Waals surface area (Å²) >= 11 is 0. The predicted octanol–water partition coefficient (Wildman–Crippen LogP) is 2.11. The fourth-order valence-electron chi connectivity index (χ4n) is 2.55. The molecule has 0 saturated carbocycles. The van der Waals surface area contributed by atoms with Crippen LogP contribution in [0.25, 0.3) is 10.9 Å². The lowest BCUT2D eigenvalue weighted by Crippen LogP contribution is -2.36. The van der Waals surface area contributed by atoms with Crippen molar-refractivity contribution >= 4 is 16.7 Å². The summed E-state index contributed by atoms with van der Waals surface area (Å²) in [6.45, 7) is -0.691. The van der Waals surface area contributed by atoms with Gasteiger partial charge >= 0.3 is 12.3 Å². The van der Waals surface area contributed by atoms with Crippen LogP contribution in [0.2, 0.25) is 0 Å². The first kappa shape index (κ1) is 17.6. The molecule has 2 heterocycles. The van der Waals surface area contributed by atoms with Gasteiger partial charge in [-0.2, -0.15) is 8.78 Å². The molecule has 0 bridgehead atoms. The molecule has 9 heteroatoms. The topological polar surface area (TPSA) is 89.0 Å². The maximum absolute atomic E-state index is 12.5. The molecule has 2 N–H and O–H groups in total. The highest BCUT2D eigenvalue weighted by atomic mass is 19.3. The summed E-state index contributed by atoms with van der Waals surface area (Å²) in [6.07, 6.45) is 0. The van der Waals surface area contributed by atoms with Gasteiger partial charge in [-0.3, -0.25) is 9.36 Å². The van der Waals surface area contributed by atoms with E-state index in [-0.39, 0.29) is 23.2 Å². The van der Waals surface area contributed by atoms with Crippen LogP contribution in [-0.2, 0) is 6.54 Å². The number of pyridine rings is 1. The third-order valence-electron chi connectivity index (χ3n) is 3.71. The molecule has 0 atom stereocenters. The number of aromatic amines is 1. The van der Waals surface area contributed by atoms with E-state index in [9.17, 15) is 18.4 Å². The Labute approximate surface area is 146 Å². The standard InChI is InChI=1S/C17H16F2N4O3/c1-10-3-2-4-14(21-10)20-7-8-23-15(24)12-6-5-11(26-16(18)19)9-13(12)22-17(23)25/h2-6,9,16H,7-8H2,1H3,(H,20,21)(H,22,25). The van der Waals surface area contributed by atoms with Crippen LogP contribution in [0.4, 0.5) is 14.6 Å². The maximum atomic E-state index is 12.5. The highest BCUT2D eigenvalue weighted by Gasteiger charge is 2.10. The number of aryl methyl sites for hydroxylation is 1. The maximum Gasteiger partial charge on any atom is 0.387 e. The minimum absolute atomic E-state index is 0.120. The zero-order valence-electron chi connectivity index (χ0n) is 13.8. The van der Waals surface area contributed by atoms with Crippen LogP contribution in [0.1, 0.15) is 5.69 Å². The number of aromatic nitrogens is 3. The second-order valence-electron chi connectivity index (χ2n) is 5.56. The second kappa shape index (κ2) is 7.34. The lowest BCUT2D eigenvalue weighted by Gasteiger charge is -2.10. The van der Waals surface area contributed by atoms with Gasteiger partial charge in [-0.05, 0) is 31.2 Å². The normalized spacial score (nSPS) is 11.1. The van der Waals surface area contributed by atoms with Crippen LogP contribution in [0.3, 0.4) is 0 Å². The molecule has 26 heavy (non-hydrogen) atoms.